The molecule has 1 spiro atoms. The van der Waals surface area contributed by atoms with Gasteiger partial charge in [-0.2, -0.15) is 0 Å². The average Bonchev–Trinajstić information content (AvgIpc) is 3.38. The van der Waals surface area contributed by atoms with Crippen LogP contribution in [-0.2, 0) is 29.6 Å². The normalized spacial score (nSPS) is 26.8. The number of fused-ring (bicyclic) bond motifs is 6. The van der Waals surface area contributed by atoms with Crippen LogP contribution in [-0.4, -0.2) is 44.2 Å². The molecule has 0 saturated carbocycles. The van der Waals surface area contributed by atoms with Crippen LogP contribution in [0.1, 0.15) is 38.8 Å². The smallest absolute Gasteiger partial charge is 0.330 e. The average molecular weight is 474 g/mol. The Hall–Kier alpha value is -4.05. The molecule has 35 heavy (non-hydrogen) atoms. The third kappa shape index (κ3) is 2.71. The van der Waals surface area contributed by atoms with Crippen molar-refractivity contribution in [3.05, 3.63) is 70.8 Å². The molecule has 2 aromatic carbocycles. The SMILES string of the molecule is CC(=O)ON1[C@H]2N(C(=O)C1(C)C)c1ccccc1[C@@]21C[C@@H](n2cnc3ccccc3c2=O)C(=O)O1. The van der Waals surface area contributed by atoms with E-state index in [2.05, 4.69) is 4.98 Å². The molecule has 10 nitrogen and oxygen atoms in total. The number of ether oxygens (including phenoxy) is 1. The van der Waals surface area contributed by atoms with Crippen LogP contribution in [0.4, 0.5) is 5.69 Å². The Balaban J connectivity index is 1.52. The second-order valence-corrected chi connectivity index (χ2v) is 9.54. The number of benzene rings is 2. The number of nitrogens with zero attached hydrogens (tertiary/aromatic N) is 4. The zero-order chi connectivity index (χ0) is 24.7. The third-order valence-electron chi connectivity index (χ3n) is 7.10. The molecule has 0 N–H and O–H groups in total. The van der Waals surface area contributed by atoms with Gasteiger partial charge in [-0.1, -0.05) is 35.4 Å². The molecule has 3 atom stereocenters. The second-order valence-electron chi connectivity index (χ2n) is 9.54. The molecule has 0 aliphatic carbocycles. The summed E-state index contributed by atoms with van der Waals surface area (Å²) in [4.78, 5) is 63.6. The fourth-order valence-corrected chi connectivity index (χ4v) is 5.53. The lowest BCUT2D eigenvalue weighted by atomic mass is 9.88. The van der Waals surface area contributed by atoms with Crippen LogP contribution in [0.5, 0.6) is 0 Å². The van der Waals surface area contributed by atoms with E-state index in [1.165, 1.54) is 27.8 Å². The quantitative estimate of drug-likeness (QED) is 0.519. The zero-order valence-electron chi connectivity index (χ0n) is 19.3. The molecule has 2 fully saturated rings. The predicted molar refractivity (Wildman–Crippen MR) is 123 cm³/mol. The Labute approximate surface area is 199 Å². The van der Waals surface area contributed by atoms with Crippen molar-refractivity contribution >= 4 is 34.4 Å². The van der Waals surface area contributed by atoms with Crippen LogP contribution in [0.2, 0.25) is 0 Å². The lowest BCUT2D eigenvalue weighted by Gasteiger charge is -2.37. The van der Waals surface area contributed by atoms with E-state index in [9.17, 15) is 19.2 Å². The van der Waals surface area contributed by atoms with E-state index >= 15 is 0 Å². The van der Waals surface area contributed by atoms with Crippen LogP contribution < -0.4 is 10.5 Å². The highest BCUT2D eigenvalue weighted by Crippen LogP contribution is 2.58. The summed E-state index contributed by atoms with van der Waals surface area (Å²) in [6, 6.07) is 13.1. The Kier molecular flexibility index (Phi) is 4.29. The molecule has 1 aromatic heterocycles. The maximum atomic E-state index is 13.5. The zero-order valence-corrected chi connectivity index (χ0v) is 19.3. The van der Waals surface area contributed by atoms with E-state index in [0.29, 0.717) is 22.2 Å². The van der Waals surface area contributed by atoms with Crippen LogP contribution in [0, 0.1) is 0 Å². The van der Waals surface area contributed by atoms with Crippen molar-refractivity contribution in [3.63, 3.8) is 0 Å². The summed E-state index contributed by atoms with van der Waals surface area (Å²) in [6.45, 7) is 4.56. The monoisotopic (exact) mass is 474 g/mol. The summed E-state index contributed by atoms with van der Waals surface area (Å²) < 4.78 is 7.37. The van der Waals surface area contributed by atoms with Crippen molar-refractivity contribution in [2.24, 2.45) is 0 Å². The highest BCUT2D eigenvalue weighted by Gasteiger charge is 2.71. The maximum Gasteiger partial charge on any atom is 0.330 e. The number of carbonyl (C=O) groups is 3. The standard InChI is InChI=1S/C25H22N4O6/c1-14(30)35-29-22-25(16-9-5-7-11-18(16)28(22)23(33)24(29,2)3)12-19(21(32)34-25)27-13-26-17-10-6-4-8-15(17)20(27)31/h4-11,13,19,22H,12H2,1-3H3/t19-,22-,25+/m1/s1. The summed E-state index contributed by atoms with van der Waals surface area (Å²) >= 11 is 0. The van der Waals surface area contributed by atoms with Crippen molar-refractivity contribution < 1.29 is 24.0 Å². The van der Waals surface area contributed by atoms with Gasteiger partial charge in [0.15, 0.2) is 11.8 Å². The molecule has 6 rings (SSSR count). The minimum atomic E-state index is -1.36. The summed E-state index contributed by atoms with van der Waals surface area (Å²) in [5.74, 6) is -1.52. The van der Waals surface area contributed by atoms with E-state index in [1.54, 1.807) is 62.4 Å². The molecule has 2 saturated heterocycles. The van der Waals surface area contributed by atoms with E-state index in [4.69, 9.17) is 9.57 Å². The fraction of sp³-hybridized carbons (Fsp3) is 0.320. The number of aromatic nitrogens is 2. The molecule has 0 unspecified atom stereocenters. The topological polar surface area (TPSA) is 111 Å². The molecule has 10 heteroatoms. The first-order chi connectivity index (χ1) is 16.7. The van der Waals surface area contributed by atoms with E-state index in [0.717, 1.165) is 0 Å². The number of esters is 1. The molecule has 1 amide bonds. The highest BCUT2D eigenvalue weighted by molar-refractivity contribution is 6.05. The van der Waals surface area contributed by atoms with Crippen LogP contribution in [0.15, 0.2) is 59.7 Å². The summed E-state index contributed by atoms with van der Waals surface area (Å²) in [7, 11) is 0. The summed E-state index contributed by atoms with van der Waals surface area (Å²) in [5.41, 5.74) is -1.22. The van der Waals surface area contributed by atoms with Gasteiger partial charge in [0, 0.05) is 18.9 Å². The van der Waals surface area contributed by atoms with Crippen LogP contribution in [0.25, 0.3) is 10.9 Å². The number of hydrogen-bond acceptors (Lipinski definition) is 8. The van der Waals surface area contributed by atoms with Crippen molar-refractivity contribution in [1.29, 1.82) is 0 Å². The molecule has 178 valence electrons. The molecule has 3 aromatic rings. The van der Waals surface area contributed by atoms with E-state index in [-0.39, 0.29) is 17.9 Å². The Bertz CT molecular complexity index is 1500. The van der Waals surface area contributed by atoms with Gasteiger partial charge < -0.3 is 9.57 Å². The fourth-order valence-electron chi connectivity index (χ4n) is 5.53. The number of rotatable bonds is 2. The lowest BCUT2D eigenvalue weighted by molar-refractivity contribution is -0.236. The Morgan fingerprint density at radius 2 is 1.80 bits per heavy atom. The van der Waals surface area contributed by atoms with Gasteiger partial charge in [-0.25, -0.2) is 9.78 Å². The number of para-hydroxylation sites is 2. The van der Waals surface area contributed by atoms with Gasteiger partial charge in [-0.15, -0.1) is 0 Å². The highest BCUT2D eigenvalue weighted by atomic mass is 16.7. The van der Waals surface area contributed by atoms with Gasteiger partial charge in [0.1, 0.15) is 11.6 Å². The number of amides is 1. The molecule has 0 bridgehead atoms. The Morgan fingerprint density at radius 1 is 1.09 bits per heavy atom. The second kappa shape index (κ2) is 6.98. The molecule has 3 aliphatic heterocycles. The van der Waals surface area contributed by atoms with Gasteiger partial charge >= 0.3 is 11.9 Å². The van der Waals surface area contributed by atoms with Crippen molar-refractivity contribution in [3.8, 4) is 0 Å². The minimum absolute atomic E-state index is 0.0467. The lowest BCUT2D eigenvalue weighted by Crippen LogP contribution is -2.54. The van der Waals surface area contributed by atoms with E-state index < -0.39 is 35.3 Å². The molecular weight excluding hydrogens is 452 g/mol. The molecule has 3 aliphatic rings. The first kappa shape index (κ1) is 21.5. The molecule has 4 heterocycles. The van der Waals surface area contributed by atoms with Gasteiger partial charge in [-0.3, -0.25) is 23.9 Å². The van der Waals surface area contributed by atoms with Gasteiger partial charge in [0.2, 0.25) is 0 Å². The van der Waals surface area contributed by atoms with Crippen LogP contribution in [0.3, 0.4) is 0 Å². The number of carbonyl (C=O) groups excluding carboxylic acids is 3. The summed E-state index contributed by atoms with van der Waals surface area (Å²) in [6.07, 6.45) is 0.469. The Morgan fingerprint density at radius 3 is 2.57 bits per heavy atom. The van der Waals surface area contributed by atoms with E-state index in [1.807, 2.05) is 0 Å². The predicted octanol–water partition coefficient (Wildman–Crippen LogP) is 2.02. The number of anilines is 1. The first-order valence-corrected chi connectivity index (χ1v) is 11.3. The van der Waals surface area contributed by atoms with Crippen LogP contribution >= 0.6 is 0 Å². The summed E-state index contributed by atoms with van der Waals surface area (Å²) in [5, 5.41) is 1.70. The first-order valence-electron chi connectivity index (χ1n) is 11.3. The molecule has 0 radical (unpaired) electrons. The number of hydrogen-bond donors (Lipinski definition) is 0. The third-order valence-corrected chi connectivity index (χ3v) is 7.10. The van der Waals surface area contributed by atoms with Crippen molar-refractivity contribution in [1.82, 2.24) is 14.6 Å². The molecular formula is C25H22N4O6. The van der Waals surface area contributed by atoms with Gasteiger partial charge in [0.05, 0.1) is 22.9 Å². The van der Waals surface area contributed by atoms with Crippen molar-refractivity contribution in [2.45, 2.75) is 50.5 Å². The van der Waals surface area contributed by atoms with Crippen molar-refractivity contribution in [2.75, 3.05) is 4.90 Å². The minimum Gasteiger partial charge on any atom is -0.449 e. The maximum absolute atomic E-state index is 13.5. The van der Waals surface area contributed by atoms with Gasteiger partial charge in [-0.05, 0) is 32.0 Å². The largest absolute Gasteiger partial charge is 0.449 e. The number of hydroxylamine groups is 2. The van der Waals surface area contributed by atoms with Gasteiger partial charge in [0.25, 0.3) is 11.5 Å².